The molecular weight excluding hydrogens is 278 g/mol. The zero-order valence-corrected chi connectivity index (χ0v) is 12.0. The van der Waals surface area contributed by atoms with Crippen LogP contribution >= 0.6 is 11.8 Å². The average Bonchev–Trinajstić information content (AvgIpc) is 2.42. The first kappa shape index (κ1) is 16.5. The van der Waals surface area contributed by atoms with Gasteiger partial charge in [0.25, 0.3) is 5.69 Å². The number of non-ortho nitro benzene ring substituents is 1. The quantitative estimate of drug-likeness (QED) is 0.313. The zero-order valence-electron chi connectivity index (χ0n) is 11.2. The van der Waals surface area contributed by atoms with Crippen LogP contribution in [0.25, 0.3) is 0 Å². The van der Waals surface area contributed by atoms with Crippen molar-refractivity contribution in [3.8, 4) is 0 Å². The van der Waals surface area contributed by atoms with Gasteiger partial charge in [0.2, 0.25) is 5.91 Å². The normalized spacial score (nSPS) is 12.1. The lowest BCUT2D eigenvalue weighted by Gasteiger charge is -2.12. The number of thioether (sulfide) groups is 1. The fraction of sp³-hybridized carbons (Fsp3) is 0.462. The molecule has 0 saturated carbocycles. The van der Waals surface area contributed by atoms with Crippen LogP contribution in [0.2, 0.25) is 0 Å². The van der Waals surface area contributed by atoms with Gasteiger partial charge < -0.3 is 11.5 Å². The molecule has 0 fully saturated rings. The van der Waals surface area contributed by atoms with E-state index < -0.39 is 4.92 Å². The van der Waals surface area contributed by atoms with Gasteiger partial charge in [-0.1, -0.05) is 12.8 Å². The van der Waals surface area contributed by atoms with E-state index in [-0.39, 0.29) is 16.8 Å². The molecule has 1 unspecified atom stereocenters. The summed E-state index contributed by atoms with van der Waals surface area (Å²) in [5, 5.41) is 10.2. The molecule has 0 aliphatic heterocycles. The Morgan fingerprint density at radius 3 is 2.40 bits per heavy atom. The molecule has 1 aromatic rings. The van der Waals surface area contributed by atoms with Crippen LogP contribution in [0.4, 0.5) is 5.69 Å². The third kappa shape index (κ3) is 5.58. The zero-order chi connectivity index (χ0) is 15.0. The Balaban J connectivity index is 2.56. The van der Waals surface area contributed by atoms with E-state index in [4.69, 9.17) is 11.5 Å². The van der Waals surface area contributed by atoms with Crippen LogP contribution in [0.3, 0.4) is 0 Å². The number of primary amides is 1. The third-order valence-electron chi connectivity index (χ3n) is 2.81. The highest BCUT2D eigenvalue weighted by Gasteiger charge is 2.17. The highest BCUT2D eigenvalue weighted by Crippen LogP contribution is 2.28. The van der Waals surface area contributed by atoms with Crippen LogP contribution in [0.15, 0.2) is 29.2 Å². The number of carbonyl (C=O) groups excluding carboxylic acids is 1. The van der Waals surface area contributed by atoms with Gasteiger partial charge in [0.15, 0.2) is 0 Å². The van der Waals surface area contributed by atoms with Gasteiger partial charge in [0, 0.05) is 17.0 Å². The van der Waals surface area contributed by atoms with E-state index in [9.17, 15) is 14.9 Å². The van der Waals surface area contributed by atoms with Gasteiger partial charge in [-0.15, -0.1) is 11.8 Å². The molecule has 1 amide bonds. The fourth-order valence-electron chi connectivity index (χ4n) is 1.72. The molecule has 6 nitrogen and oxygen atoms in total. The van der Waals surface area contributed by atoms with Crippen LogP contribution in [-0.2, 0) is 4.79 Å². The van der Waals surface area contributed by atoms with Crippen molar-refractivity contribution in [2.24, 2.45) is 11.5 Å². The number of amides is 1. The number of nitro benzene ring substituents is 1. The van der Waals surface area contributed by atoms with Crippen molar-refractivity contribution in [2.45, 2.75) is 35.8 Å². The SMILES string of the molecule is NCCCCCC(Sc1ccc([N+](=O)[O-])cc1)C(N)=O. The second-order valence-corrected chi connectivity index (χ2v) is 5.67. The first-order chi connectivity index (χ1) is 9.54. The molecule has 0 aliphatic rings. The minimum atomic E-state index is -0.452. The largest absolute Gasteiger partial charge is 0.369 e. The first-order valence-corrected chi connectivity index (χ1v) is 7.33. The van der Waals surface area contributed by atoms with Gasteiger partial charge in [0.1, 0.15) is 0 Å². The van der Waals surface area contributed by atoms with Gasteiger partial charge in [-0.3, -0.25) is 14.9 Å². The van der Waals surface area contributed by atoms with Crippen molar-refractivity contribution in [3.63, 3.8) is 0 Å². The molecule has 0 aromatic heterocycles. The number of hydrogen-bond donors (Lipinski definition) is 2. The number of benzene rings is 1. The Morgan fingerprint density at radius 1 is 1.25 bits per heavy atom. The van der Waals surface area contributed by atoms with Crippen LogP contribution in [-0.4, -0.2) is 22.6 Å². The number of nitrogens with two attached hydrogens (primary N) is 2. The maximum absolute atomic E-state index is 11.4. The third-order valence-corrected chi connectivity index (χ3v) is 4.11. The Bertz CT molecular complexity index is 451. The van der Waals surface area contributed by atoms with E-state index in [1.165, 1.54) is 23.9 Å². The van der Waals surface area contributed by atoms with Crippen LogP contribution in [0.5, 0.6) is 0 Å². The minimum Gasteiger partial charge on any atom is -0.369 e. The van der Waals surface area contributed by atoms with Gasteiger partial charge >= 0.3 is 0 Å². The van der Waals surface area contributed by atoms with Crippen molar-refractivity contribution in [2.75, 3.05) is 6.54 Å². The molecule has 0 aliphatic carbocycles. The lowest BCUT2D eigenvalue weighted by atomic mass is 10.1. The monoisotopic (exact) mass is 297 g/mol. The number of nitrogens with zero attached hydrogens (tertiary/aromatic N) is 1. The number of carbonyl (C=O) groups is 1. The topological polar surface area (TPSA) is 112 Å². The van der Waals surface area contributed by atoms with E-state index in [0.717, 1.165) is 24.2 Å². The first-order valence-electron chi connectivity index (χ1n) is 6.45. The second-order valence-electron chi connectivity index (χ2n) is 4.40. The Hall–Kier alpha value is -1.60. The molecule has 0 saturated heterocycles. The Labute approximate surface area is 122 Å². The van der Waals surface area contributed by atoms with Crippen LogP contribution in [0.1, 0.15) is 25.7 Å². The summed E-state index contributed by atoms with van der Waals surface area (Å²) in [5.74, 6) is -0.360. The molecule has 0 bridgehead atoms. The molecule has 110 valence electrons. The number of nitro groups is 1. The number of hydrogen-bond acceptors (Lipinski definition) is 5. The lowest BCUT2D eigenvalue weighted by molar-refractivity contribution is -0.384. The van der Waals surface area contributed by atoms with Crippen molar-refractivity contribution in [1.82, 2.24) is 0 Å². The molecule has 7 heteroatoms. The summed E-state index contributed by atoms with van der Waals surface area (Å²) in [6, 6.07) is 6.13. The molecule has 1 rings (SSSR count). The van der Waals surface area contributed by atoms with Crippen molar-refractivity contribution < 1.29 is 9.72 Å². The van der Waals surface area contributed by atoms with Gasteiger partial charge in [-0.2, -0.15) is 0 Å². The van der Waals surface area contributed by atoms with Gasteiger partial charge in [0.05, 0.1) is 10.2 Å². The molecule has 0 spiro atoms. The Morgan fingerprint density at radius 2 is 1.90 bits per heavy atom. The summed E-state index contributed by atoms with van der Waals surface area (Å²) < 4.78 is 0. The van der Waals surface area contributed by atoms with Crippen molar-refractivity contribution in [3.05, 3.63) is 34.4 Å². The maximum atomic E-state index is 11.4. The summed E-state index contributed by atoms with van der Waals surface area (Å²) in [6.45, 7) is 0.650. The molecule has 1 atom stereocenters. The molecule has 1 aromatic carbocycles. The second kappa shape index (κ2) is 8.55. The van der Waals surface area contributed by atoms with E-state index in [1.807, 2.05) is 0 Å². The highest BCUT2D eigenvalue weighted by molar-refractivity contribution is 8.00. The molecule has 4 N–H and O–H groups in total. The molecular formula is C13H19N3O3S. The number of rotatable bonds is 9. The van der Waals surface area contributed by atoms with Crippen LogP contribution in [0, 0.1) is 10.1 Å². The standard InChI is InChI=1S/C13H19N3O3S/c14-9-3-1-2-4-12(13(15)17)20-11-7-5-10(6-8-11)16(18)19/h5-8,12H,1-4,9,14H2,(H2,15,17). The summed E-state index contributed by atoms with van der Waals surface area (Å²) in [5.41, 5.74) is 10.8. The number of unbranched alkanes of at least 4 members (excludes halogenated alkanes) is 2. The summed E-state index contributed by atoms with van der Waals surface area (Å²) in [4.78, 5) is 22.3. The van der Waals surface area contributed by atoms with Crippen LogP contribution < -0.4 is 11.5 Å². The van der Waals surface area contributed by atoms with Gasteiger partial charge in [-0.25, -0.2) is 0 Å². The van der Waals surface area contributed by atoms with E-state index in [2.05, 4.69) is 0 Å². The maximum Gasteiger partial charge on any atom is 0.269 e. The summed E-state index contributed by atoms with van der Waals surface area (Å²) >= 11 is 1.35. The predicted molar refractivity (Wildman–Crippen MR) is 79.5 cm³/mol. The summed E-state index contributed by atoms with van der Waals surface area (Å²) in [6.07, 6.45) is 3.50. The average molecular weight is 297 g/mol. The van der Waals surface area contributed by atoms with E-state index in [0.29, 0.717) is 13.0 Å². The molecule has 0 heterocycles. The predicted octanol–water partition coefficient (Wildman–Crippen LogP) is 2.06. The highest BCUT2D eigenvalue weighted by atomic mass is 32.2. The molecule has 20 heavy (non-hydrogen) atoms. The fourth-order valence-corrected chi connectivity index (χ4v) is 2.74. The van der Waals surface area contributed by atoms with E-state index >= 15 is 0 Å². The van der Waals surface area contributed by atoms with Gasteiger partial charge in [-0.05, 0) is 31.5 Å². The molecule has 0 radical (unpaired) electrons. The Kier molecular flexibility index (Phi) is 7.03. The summed E-state index contributed by atoms with van der Waals surface area (Å²) in [7, 11) is 0. The van der Waals surface area contributed by atoms with Crippen molar-refractivity contribution >= 4 is 23.4 Å². The lowest BCUT2D eigenvalue weighted by Crippen LogP contribution is -2.25. The van der Waals surface area contributed by atoms with E-state index in [1.54, 1.807) is 12.1 Å². The minimum absolute atomic E-state index is 0.0351. The smallest absolute Gasteiger partial charge is 0.269 e. The van der Waals surface area contributed by atoms with Crippen molar-refractivity contribution in [1.29, 1.82) is 0 Å².